The molecule has 0 radical (unpaired) electrons. The van der Waals surface area contributed by atoms with Gasteiger partial charge in [0.05, 0.1) is 6.61 Å². The Kier molecular flexibility index (Phi) is 5.77. The van der Waals surface area contributed by atoms with Crippen LogP contribution in [0, 0.1) is 28.6 Å². The van der Waals surface area contributed by atoms with E-state index in [9.17, 15) is 5.11 Å². The maximum Gasteiger partial charge on any atom is 0.0647 e. The van der Waals surface area contributed by atoms with Gasteiger partial charge < -0.3 is 10.2 Å². The zero-order valence-electron chi connectivity index (χ0n) is 15.1. The molecule has 0 heterocycles. The van der Waals surface area contributed by atoms with Crippen LogP contribution in [-0.4, -0.2) is 23.4 Å². The van der Waals surface area contributed by atoms with Crippen LogP contribution in [0.5, 0.6) is 0 Å². The van der Waals surface area contributed by atoms with Crippen LogP contribution in [0.1, 0.15) is 72.6 Å². The molecule has 0 aliphatic heterocycles. The van der Waals surface area contributed by atoms with Gasteiger partial charge in [-0.05, 0) is 72.7 Å². The third-order valence-corrected chi connectivity index (χ3v) is 7.34. The van der Waals surface area contributed by atoms with Gasteiger partial charge >= 0.3 is 0 Å². The lowest BCUT2D eigenvalue weighted by Crippen LogP contribution is -2.50. The molecular formula is C20H36O2. The first-order valence-corrected chi connectivity index (χ1v) is 9.29. The number of allylic oxidation sites excluding steroid dienone is 1. The van der Waals surface area contributed by atoms with Crippen LogP contribution in [0.15, 0.2) is 11.6 Å². The van der Waals surface area contributed by atoms with Crippen molar-refractivity contribution in [1.82, 2.24) is 0 Å². The molecule has 0 unspecified atom stereocenters. The van der Waals surface area contributed by atoms with Crippen molar-refractivity contribution in [3.8, 4) is 0 Å². The summed E-state index contributed by atoms with van der Waals surface area (Å²) in [5, 5.41) is 19.0. The fraction of sp³-hybridized carbons (Fsp3) is 0.900. The molecule has 2 heteroatoms. The average molecular weight is 309 g/mol. The Morgan fingerprint density at radius 1 is 1.23 bits per heavy atom. The summed E-state index contributed by atoms with van der Waals surface area (Å²) in [7, 11) is 0. The maximum atomic E-state index is 9.82. The van der Waals surface area contributed by atoms with Crippen LogP contribution in [0.3, 0.4) is 0 Å². The van der Waals surface area contributed by atoms with E-state index in [0.29, 0.717) is 23.9 Å². The zero-order valence-corrected chi connectivity index (χ0v) is 15.1. The average Bonchev–Trinajstić information content (AvgIpc) is 2.49. The third-order valence-electron chi connectivity index (χ3n) is 7.34. The molecule has 1 saturated carbocycles. The molecule has 2 aliphatic rings. The minimum absolute atomic E-state index is 0.203. The second-order valence-corrected chi connectivity index (χ2v) is 8.54. The van der Waals surface area contributed by atoms with Crippen molar-refractivity contribution >= 4 is 0 Å². The highest BCUT2D eigenvalue weighted by Crippen LogP contribution is 2.61. The first-order chi connectivity index (χ1) is 10.4. The second kappa shape index (κ2) is 7.05. The predicted molar refractivity (Wildman–Crippen MR) is 92.6 cm³/mol. The Bertz CT molecular complexity index is 403. The lowest BCUT2D eigenvalue weighted by Gasteiger charge is -2.58. The van der Waals surface area contributed by atoms with Crippen molar-refractivity contribution in [2.24, 2.45) is 28.6 Å². The molecule has 0 aromatic rings. The van der Waals surface area contributed by atoms with Gasteiger partial charge in [0.25, 0.3) is 0 Å². The summed E-state index contributed by atoms with van der Waals surface area (Å²) in [6, 6.07) is 0. The molecule has 0 bridgehead atoms. The van der Waals surface area contributed by atoms with E-state index in [-0.39, 0.29) is 12.0 Å². The highest BCUT2D eigenvalue weighted by molar-refractivity contribution is 5.22. The van der Waals surface area contributed by atoms with Crippen molar-refractivity contribution in [3.63, 3.8) is 0 Å². The smallest absolute Gasteiger partial charge is 0.0647 e. The van der Waals surface area contributed by atoms with Gasteiger partial charge in [-0.3, -0.25) is 0 Å². The molecule has 0 spiro atoms. The van der Waals surface area contributed by atoms with Crippen molar-refractivity contribution in [2.45, 2.75) is 72.6 Å². The van der Waals surface area contributed by atoms with Crippen LogP contribution < -0.4 is 0 Å². The van der Waals surface area contributed by atoms with Crippen LogP contribution in [0.2, 0.25) is 0 Å². The molecule has 2 rings (SSSR count). The number of aliphatic hydroxyl groups excluding tert-OH is 2. The Labute approximate surface area is 137 Å². The number of hydrogen-bond donors (Lipinski definition) is 2. The van der Waals surface area contributed by atoms with E-state index in [0.717, 1.165) is 18.8 Å². The molecule has 2 nitrogen and oxygen atoms in total. The summed E-state index contributed by atoms with van der Waals surface area (Å²) in [5.41, 5.74) is 1.87. The Morgan fingerprint density at radius 2 is 1.95 bits per heavy atom. The number of hydrogen-bond acceptors (Lipinski definition) is 2. The van der Waals surface area contributed by atoms with E-state index < -0.39 is 0 Å². The topological polar surface area (TPSA) is 40.5 Å². The molecule has 0 saturated heterocycles. The minimum Gasteiger partial charge on any atom is -0.396 e. The number of rotatable bonds is 6. The first-order valence-electron chi connectivity index (χ1n) is 9.29. The zero-order chi connectivity index (χ0) is 16.4. The third kappa shape index (κ3) is 3.14. The van der Waals surface area contributed by atoms with Crippen LogP contribution in [-0.2, 0) is 0 Å². The van der Waals surface area contributed by atoms with E-state index in [2.05, 4.69) is 33.8 Å². The van der Waals surface area contributed by atoms with Crippen molar-refractivity contribution in [1.29, 1.82) is 0 Å². The molecule has 1 fully saturated rings. The summed E-state index contributed by atoms with van der Waals surface area (Å²) >= 11 is 0. The SMILES string of the molecule is C[C@H](CCO)CC[C@]1(C)[C@H]2CCC=C(CO)[C@]2(C)CC[C@@H]1C. The van der Waals surface area contributed by atoms with Gasteiger partial charge in [-0.2, -0.15) is 0 Å². The van der Waals surface area contributed by atoms with Gasteiger partial charge in [-0.25, -0.2) is 0 Å². The molecule has 22 heavy (non-hydrogen) atoms. The lowest BCUT2D eigenvalue weighted by molar-refractivity contribution is -0.0543. The van der Waals surface area contributed by atoms with E-state index in [1.54, 1.807) is 0 Å². The second-order valence-electron chi connectivity index (χ2n) is 8.54. The highest BCUT2D eigenvalue weighted by Gasteiger charge is 2.53. The summed E-state index contributed by atoms with van der Waals surface area (Å²) in [5.74, 6) is 2.06. The van der Waals surface area contributed by atoms with E-state index in [4.69, 9.17) is 5.11 Å². The molecule has 5 atom stereocenters. The van der Waals surface area contributed by atoms with E-state index in [1.165, 1.54) is 37.7 Å². The quantitative estimate of drug-likeness (QED) is 0.706. The normalized spacial score (nSPS) is 40.0. The standard InChI is InChI=1S/C20H36O2/c1-15(10-13-21)8-11-19(3)16(2)9-12-20(4)17(14-22)6-5-7-18(19)20/h6,15-16,18,21-22H,5,7-14H2,1-4H3/t15-,16-,18+,19-,20-/m0/s1. The highest BCUT2D eigenvalue weighted by atomic mass is 16.3. The summed E-state index contributed by atoms with van der Waals surface area (Å²) in [6.45, 7) is 10.2. The largest absolute Gasteiger partial charge is 0.396 e. The van der Waals surface area contributed by atoms with Crippen molar-refractivity contribution < 1.29 is 10.2 Å². The molecule has 0 aromatic carbocycles. The molecule has 2 N–H and O–H groups in total. The summed E-state index contributed by atoms with van der Waals surface area (Å²) < 4.78 is 0. The van der Waals surface area contributed by atoms with Gasteiger partial charge in [0.2, 0.25) is 0 Å². The Balaban J connectivity index is 2.19. The van der Waals surface area contributed by atoms with Gasteiger partial charge in [-0.15, -0.1) is 0 Å². The molecule has 128 valence electrons. The maximum absolute atomic E-state index is 9.82. The van der Waals surface area contributed by atoms with Gasteiger partial charge in [-0.1, -0.05) is 40.2 Å². The molecule has 0 aromatic heterocycles. The fourth-order valence-electron chi connectivity index (χ4n) is 5.37. The van der Waals surface area contributed by atoms with Gasteiger partial charge in [0.1, 0.15) is 0 Å². The number of fused-ring (bicyclic) bond motifs is 1. The first kappa shape index (κ1) is 18.0. The fourth-order valence-corrected chi connectivity index (χ4v) is 5.37. The van der Waals surface area contributed by atoms with Crippen molar-refractivity contribution in [2.75, 3.05) is 13.2 Å². The predicted octanol–water partition coefficient (Wildman–Crippen LogP) is 4.56. The van der Waals surface area contributed by atoms with E-state index in [1.807, 2.05) is 0 Å². The Morgan fingerprint density at radius 3 is 2.59 bits per heavy atom. The van der Waals surface area contributed by atoms with Crippen LogP contribution >= 0.6 is 0 Å². The Hall–Kier alpha value is -0.340. The summed E-state index contributed by atoms with van der Waals surface area (Å²) in [6.07, 6.45) is 10.6. The van der Waals surface area contributed by atoms with Gasteiger partial charge in [0, 0.05) is 6.61 Å². The van der Waals surface area contributed by atoms with Crippen LogP contribution in [0.4, 0.5) is 0 Å². The molecule has 0 amide bonds. The molecular weight excluding hydrogens is 272 g/mol. The van der Waals surface area contributed by atoms with Gasteiger partial charge in [0.15, 0.2) is 0 Å². The summed E-state index contributed by atoms with van der Waals surface area (Å²) in [4.78, 5) is 0. The number of aliphatic hydroxyl groups is 2. The minimum atomic E-state index is 0.203. The van der Waals surface area contributed by atoms with Crippen LogP contribution in [0.25, 0.3) is 0 Å². The lowest BCUT2D eigenvalue weighted by atomic mass is 9.46. The molecule has 2 aliphatic carbocycles. The van der Waals surface area contributed by atoms with E-state index >= 15 is 0 Å². The monoisotopic (exact) mass is 308 g/mol. The van der Waals surface area contributed by atoms with Crippen molar-refractivity contribution in [3.05, 3.63) is 11.6 Å².